The average Bonchev–Trinajstić information content (AvgIpc) is 3.08. The molecular formula is C33H55NO15. The van der Waals surface area contributed by atoms with Crippen LogP contribution in [0.3, 0.4) is 0 Å². The molecule has 4 rings (SSSR count). The number of amides is 1. The van der Waals surface area contributed by atoms with Crippen LogP contribution in [-0.2, 0) is 42.8 Å². The Morgan fingerprint density at radius 2 is 1.29 bits per heavy atom. The molecule has 0 bridgehead atoms. The van der Waals surface area contributed by atoms with Gasteiger partial charge in [0.1, 0.15) is 48.8 Å². The predicted molar refractivity (Wildman–Crippen MR) is 168 cm³/mol. The highest BCUT2D eigenvalue weighted by molar-refractivity contribution is 5.73. The number of carbonyl (C=O) groups is 3. The number of carboxylic acids is 2. The van der Waals surface area contributed by atoms with Crippen molar-refractivity contribution in [2.75, 3.05) is 20.3 Å². The van der Waals surface area contributed by atoms with Crippen molar-refractivity contribution in [2.24, 2.45) is 11.8 Å². The van der Waals surface area contributed by atoms with E-state index in [0.29, 0.717) is 6.42 Å². The number of ether oxygens (including phenoxy) is 6. The molecule has 0 unspecified atom stereocenters. The summed E-state index contributed by atoms with van der Waals surface area (Å²) >= 11 is 0. The Hall–Kier alpha value is -1.99. The molecule has 0 spiro atoms. The summed E-state index contributed by atoms with van der Waals surface area (Å²) in [5.74, 6) is -2.67. The highest BCUT2D eigenvalue weighted by atomic mass is 16.7. The number of rotatable bonds is 16. The van der Waals surface area contributed by atoms with Gasteiger partial charge in [-0.1, -0.05) is 64.2 Å². The van der Waals surface area contributed by atoms with Gasteiger partial charge in [0.25, 0.3) is 0 Å². The van der Waals surface area contributed by atoms with Gasteiger partial charge in [0, 0.05) is 14.0 Å². The maximum absolute atomic E-state index is 12.2. The SMILES string of the molecule is CO[C@@H]1O[C@H](CO[C@@H](CC2CCCCC2)C(=O)O)[C@H](O)[C@H](O[C@@H]2O[C@H](CO)[C@H](O)[C@H](O[C@@H](CC3CCCCC3)C(=O)O)[C@H]2O)[C@H]1NC(C)=O. The van der Waals surface area contributed by atoms with Crippen LogP contribution >= 0.6 is 0 Å². The zero-order valence-corrected chi connectivity index (χ0v) is 28.3. The van der Waals surface area contributed by atoms with E-state index in [2.05, 4.69) is 5.32 Å². The minimum Gasteiger partial charge on any atom is -0.479 e. The number of carbonyl (C=O) groups excluding carboxylic acids is 1. The number of aliphatic hydroxyl groups excluding tert-OH is 4. The summed E-state index contributed by atoms with van der Waals surface area (Å²) in [6.07, 6.45) is -5.96. The van der Waals surface area contributed by atoms with Gasteiger partial charge in [-0.05, 0) is 24.7 Å². The number of hydrogen-bond donors (Lipinski definition) is 7. The molecule has 1 amide bonds. The van der Waals surface area contributed by atoms with E-state index in [1.54, 1.807) is 0 Å². The summed E-state index contributed by atoms with van der Waals surface area (Å²) in [6.45, 7) is 0.102. The molecule has 0 radical (unpaired) electrons. The number of hydrogen-bond acceptors (Lipinski definition) is 13. The van der Waals surface area contributed by atoms with E-state index >= 15 is 0 Å². The summed E-state index contributed by atoms with van der Waals surface area (Å²) in [4.78, 5) is 36.5. The van der Waals surface area contributed by atoms with E-state index < -0.39 is 98.0 Å². The molecule has 4 fully saturated rings. The smallest absolute Gasteiger partial charge is 0.332 e. The fourth-order valence-electron chi connectivity index (χ4n) is 7.59. The molecule has 282 valence electrons. The molecular weight excluding hydrogens is 650 g/mol. The zero-order valence-electron chi connectivity index (χ0n) is 28.3. The fourth-order valence-corrected chi connectivity index (χ4v) is 7.59. The standard InChI is InChI=1S/C33H55NO15/c1-17(36)34-24-28(26(38)23(48-32(24)44-2)16-45-20(30(40)41)13-18-9-5-3-6-10-18)49-33-27(39)29(25(37)22(15-35)47-33)46-21(31(42)43)14-19-11-7-4-8-12-19/h18-29,32-33,35,37-39H,3-16H2,1-2H3,(H,34,36)(H,40,41)(H,42,43)/t20-,21-,22+,23+,24+,25-,26-,27+,28+,29-,32+,33-/m0/s1. The Balaban J connectivity index is 1.52. The van der Waals surface area contributed by atoms with Gasteiger partial charge in [-0.2, -0.15) is 0 Å². The topological polar surface area (TPSA) is 240 Å². The second-order valence-corrected chi connectivity index (χ2v) is 13.9. The third-order valence-electron chi connectivity index (χ3n) is 10.3. The Bertz CT molecular complexity index is 1050. The third-order valence-corrected chi connectivity index (χ3v) is 10.3. The molecule has 2 saturated carbocycles. The predicted octanol–water partition coefficient (Wildman–Crippen LogP) is 0.297. The molecule has 0 aromatic rings. The second-order valence-electron chi connectivity index (χ2n) is 13.9. The minimum atomic E-state index is -1.80. The maximum atomic E-state index is 12.2. The van der Waals surface area contributed by atoms with Crippen molar-refractivity contribution in [3.63, 3.8) is 0 Å². The lowest BCUT2D eigenvalue weighted by Gasteiger charge is -2.48. The van der Waals surface area contributed by atoms with E-state index in [0.717, 1.165) is 64.2 Å². The third kappa shape index (κ3) is 10.8. The molecule has 49 heavy (non-hydrogen) atoms. The van der Waals surface area contributed by atoms with Crippen molar-refractivity contribution >= 4 is 17.8 Å². The summed E-state index contributed by atoms with van der Waals surface area (Å²) < 4.78 is 34.8. The summed E-state index contributed by atoms with van der Waals surface area (Å²) in [6, 6.07) is -1.18. The van der Waals surface area contributed by atoms with Gasteiger partial charge in [-0.15, -0.1) is 0 Å². The van der Waals surface area contributed by atoms with Crippen LogP contribution < -0.4 is 5.32 Å². The molecule has 12 atom stereocenters. The molecule has 2 aliphatic heterocycles. The first-order chi connectivity index (χ1) is 23.4. The van der Waals surface area contributed by atoms with Gasteiger partial charge >= 0.3 is 11.9 Å². The summed E-state index contributed by atoms with van der Waals surface area (Å²) in [5, 5.41) is 66.3. The van der Waals surface area contributed by atoms with Gasteiger partial charge < -0.3 is 64.4 Å². The minimum absolute atomic E-state index is 0.0916. The first-order valence-electron chi connectivity index (χ1n) is 17.6. The Kier molecular flexibility index (Phi) is 15.4. The first-order valence-corrected chi connectivity index (χ1v) is 17.6. The lowest BCUT2D eigenvalue weighted by molar-refractivity contribution is -0.349. The van der Waals surface area contributed by atoms with Gasteiger partial charge in [0.15, 0.2) is 24.8 Å². The molecule has 16 heteroatoms. The molecule has 2 saturated heterocycles. The van der Waals surface area contributed by atoms with Crippen LogP contribution in [0, 0.1) is 11.8 Å². The van der Waals surface area contributed by atoms with Crippen LogP contribution in [0.4, 0.5) is 0 Å². The zero-order chi connectivity index (χ0) is 35.7. The number of carboxylic acid groups (broad SMARTS) is 2. The number of nitrogens with one attached hydrogen (secondary N) is 1. The van der Waals surface area contributed by atoms with E-state index in [1.165, 1.54) is 14.0 Å². The van der Waals surface area contributed by atoms with Crippen LogP contribution in [0.1, 0.15) is 84.0 Å². The molecule has 7 N–H and O–H groups in total. The van der Waals surface area contributed by atoms with Crippen molar-refractivity contribution in [1.29, 1.82) is 0 Å². The van der Waals surface area contributed by atoms with Crippen molar-refractivity contribution in [2.45, 2.75) is 158 Å². The average molecular weight is 706 g/mol. The quantitative estimate of drug-likeness (QED) is 0.114. The van der Waals surface area contributed by atoms with Crippen LogP contribution in [0.5, 0.6) is 0 Å². The number of methoxy groups -OCH3 is 1. The van der Waals surface area contributed by atoms with Gasteiger partial charge in [0.2, 0.25) is 5.91 Å². The van der Waals surface area contributed by atoms with Gasteiger partial charge in [-0.25, -0.2) is 9.59 Å². The Labute approximate surface area is 286 Å². The van der Waals surface area contributed by atoms with E-state index in [4.69, 9.17) is 28.4 Å². The molecule has 0 aromatic heterocycles. The Morgan fingerprint density at radius 1 is 0.755 bits per heavy atom. The molecule has 16 nitrogen and oxygen atoms in total. The van der Waals surface area contributed by atoms with Crippen molar-refractivity contribution < 1.29 is 73.4 Å². The van der Waals surface area contributed by atoms with Gasteiger partial charge in [0.05, 0.1) is 13.2 Å². The highest BCUT2D eigenvalue weighted by Crippen LogP contribution is 2.34. The maximum Gasteiger partial charge on any atom is 0.332 e. The number of aliphatic carboxylic acids is 2. The van der Waals surface area contributed by atoms with E-state index in [-0.39, 0.29) is 24.9 Å². The first kappa shape index (κ1) is 39.8. The summed E-state index contributed by atoms with van der Waals surface area (Å²) in [5.41, 5.74) is 0. The van der Waals surface area contributed by atoms with Crippen molar-refractivity contribution in [3.05, 3.63) is 0 Å². The molecule has 4 aliphatic rings. The van der Waals surface area contributed by atoms with Crippen molar-refractivity contribution in [1.82, 2.24) is 5.32 Å². The molecule has 0 aromatic carbocycles. The largest absolute Gasteiger partial charge is 0.479 e. The lowest BCUT2D eigenvalue weighted by atomic mass is 9.85. The monoisotopic (exact) mass is 705 g/mol. The highest BCUT2D eigenvalue weighted by Gasteiger charge is 2.53. The lowest BCUT2D eigenvalue weighted by Crippen LogP contribution is -2.68. The molecule has 2 heterocycles. The number of aliphatic hydroxyl groups is 4. The molecule has 2 aliphatic carbocycles. The second kappa shape index (κ2) is 19.0. The van der Waals surface area contributed by atoms with Crippen LogP contribution in [0.25, 0.3) is 0 Å². The van der Waals surface area contributed by atoms with Crippen LogP contribution in [0.15, 0.2) is 0 Å². The van der Waals surface area contributed by atoms with E-state index in [1.807, 2.05) is 0 Å². The normalized spacial score (nSPS) is 36.1. The van der Waals surface area contributed by atoms with Crippen molar-refractivity contribution in [3.8, 4) is 0 Å². The van der Waals surface area contributed by atoms with E-state index in [9.17, 15) is 45.0 Å². The fraction of sp³-hybridized carbons (Fsp3) is 0.909. The van der Waals surface area contributed by atoms with Crippen LogP contribution in [-0.4, -0.2) is 142 Å². The summed E-state index contributed by atoms with van der Waals surface area (Å²) in [7, 11) is 1.29. The Morgan fingerprint density at radius 3 is 1.80 bits per heavy atom. The van der Waals surface area contributed by atoms with Crippen LogP contribution in [0.2, 0.25) is 0 Å². The van der Waals surface area contributed by atoms with Gasteiger partial charge in [-0.3, -0.25) is 4.79 Å².